The molecule has 0 atom stereocenters. The van der Waals surface area contributed by atoms with E-state index in [1.54, 1.807) is 0 Å². The zero-order chi connectivity index (χ0) is 18.6. The molecule has 2 aromatic carbocycles. The lowest BCUT2D eigenvalue weighted by Crippen LogP contribution is -2.34. The molecule has 2 N–H and O–H groups in total. The van der Waals surface area contributed by atoms with E-state index < -0.39 is 10.8 Å². The Morgan fingerprint density at radius 3 is 2.40 bits per heavy atom. The molecule has 0 spiro atoms. The Morgan fingerprint density at radius 2 is 1.84 bits per heavy atom. The number of amides is 1. The van der Waals surface area contributed by atoms with E-state index in [0.29, 0.717) is 15.8 Å². The summed E-state index contributed by atoms with van der Waals surface area (Å²) in [5.41, 5.74) is 0.304. The number of nitro benzene ring substituents is 1. The second kappa shape index (κ2) is 8.11. The van der Waals surface area contributed by atoms with Crippen LogP contribution in [0.15, 0.2) is 36.4 Å². The van der Waals surface area contributed by atoms with Gasteiger partial charge in [-0.3, -0.25) is 20.2 Å². The highest BCUT2D eigenvalue weighted by Gasteiger charge is 2.14. The molecule has 0 saturated carbocycles. The molecule has 0 heterocycles. The van der Waals surface area contributed by atoms with Crippen molar-refractivity contribution in [2.75, 3.05) is 12.4 Å². The summed E-state index contributed by atoms with van der Waals surface area (Å²) >= 11 is 16.8. The van der Waals surface area contributed by atoms with Crippen molar-refractivity contribution >= 4 is 57.8 Å². The predicted molar refractivity (Wildman–Crippen MR) is 99.8 cm³/mol. The molecule has 2 rings (SSSR count). The third kappa shape index (κ3) is 5.02. The molecule has 0 bridgehead atoms. The summed E-state index contributed by atoms with van der Waals surface area (Å²) in [5.74, 6) is -0.209. The number of nitrogens with one attached hydrogen (secondary N) is 2. The molecular formula is C15H11Cl2N3O4S. The highest BCUT2D eigenvalue weighted by Crippen LogP contribution is 2.28. The minimum absolute atomic E-state index is 0.0695. The van der Waals surface area contributed by atoms with Crippen LogP contribution in [0, 0.1) is 10.1 Å². The lowest BCUT2D eigenvalue weighted by atomic mass is 10.2. The van der Waals surface area contributed by atoms with E-state index in [9.17, 15) is 14.9 Å². The molecule has 0 fully saturated rings. The monoisotopic (exact) mass is 399 g/mol. The van der Waals surface area contributed by atoms with Gasteiger partial charge in [0.2, 0.25) is 0 Å². The minimum atomic E-state index is -0.555. The number of non-ortho nitro benzene ring substituents is 1. The number of nitrogens with zero attached hydrogens (tertiary/aromatic N) is 1. The normalized spacial score (nSPS) is 10.0. The number of anilines is 1. The number of nitro groups is 1. The van der Waals surface area contributed by atoms with Gasteiger partial charge in [0.15, 0.2) is 5.11 Å². The van der Waals surface area contributed by atoms with Crippen molar-refractivity contribution in [1.29, 1.82) is 0 Å². The number of thiocarbonyl (C=S) groups is 1. The maximum Gasteiger partial charge on any atom is 0.271 e. The van der Waals surface area contributed by atoms with E-state index in [0.717, 1.165) is 0 Å². The van der Waals surface area contributed by atoms with E-state index in [1.807, 2.05) is 0 Å². The average molecular weight is 400 g/mol. The molecule has 0 saturated heterocycles. The molecule has 130 valence electrons. The van der Waals surface area contributed by atoms with Crippen LogP contribution in [0.1, 0.15) is 10.4 Å². The molecule has 0 radical (unpaired) electrons. The van der Waals surface area contributed by atoms with Crippen molar-refractivity contribution in [3.8, 4) is 5.75 Å². The van der Waals surface area contributed by atoms with Crippen molar-refractivity contribution in [2.24, 2.45) is 0 Å². The summed E-state index contributed by atoms with van der Waals surface area (Å²) in [6.07, 6.45) is 0. The number of carbonyl (C=O) groups is 1. The van der Waals surface area contributed by atoms with Crippen LogP contribution in [0.2, 0.25) is 10.0 Å². The van der Waals surface area contributed by atoms with Gasteiger partial charge in [-0.2, -0.15) is 0 Å². The Morgan fingerprint density at radius 1 is 1.20 bits per heavy atom. The van der Waals surface area contributed by atoms with E-state index in [-0.39, 0.29) is 22.1 Å². The quantitative estimate of drug-likeness (QED) is 0.457. The van der Waals surface area contributed by atoms with Gasteiger partial charge in [-0.1, -0.05) is 23.2 Å². The molecule has 0 aliphatic carbocycles. The molecule has 7 nitrogen and oxygen atoms in total. The second-order valence-electron chi connectivity index (χ2n) is 4.71. The molecular weight excluding hydrogens is 389 g/mol. The van der Waals surface area contributed by atoms with E-state index in [2.05, 4.69) is 10.6 Å². The van der Waals surface area contributed by atoms with Gasteiger partial charge < -0.3 is 10.1 Å². The zero-order valence-corrected chi connectivity index (χ0v) is 15.0. The Kier molecular flexibility index (Phi) is 6.13. The van der Waals surface area contributed by atoms with Crippen molar-refractivity contribution < 1.29 is 14.5 Å². The number of halogens is 2. The van der Waals surface area contributed by atoms with Gasteiger partial charge in [-0.15, -0.1) is 0 Å². The van der Waals surface area contributed by atoms with Crippen LogP contribution >= 0.6 is 35.4 Å². The smallest absolute Gasteiger partial charge is 0.271 e. The standard InChI is InChI=1S/C15H11Cl2N3O4S/c1-24-13-3-2-11(20(22)23)7-12(13)18-15(25)19-14(21)8-4-9(16)6-10(17)5-8/h2-7H,1H3,(H2,18,19,21,25). The van der Waals surface area contributed by atoms with Gasteiger partial charge in [-0.25, -0.2) is 0 Å². The summed E-state index contributed by atoms with van der Waals surface area (Å²) in [4.78, 5) is 22.5. The number of methoxy groups -OCH3 is 1. The van der Waals surface area contributed by atoms with Crippen molar-refractivity contribution in [3.63, 3.8) is 0 Å². The van der Waals surface area contributed by atoms with E-state index >= 15 is 0 Å². The van der Waals surface area contributed by atoms with Crippen LogP contribution in [0.4, 0.5) is 11.4 Å². The Labute approximate surface area is 158 Å². The van der Waals surface area contributed by atoms with E-state index in [1.165, 1.54) is 43.5 Å². The Hall–Kier alpha value is -2.42. The number of hydrogen-bond donors (Lipinski definition) is 2. The molecule has 0 unspecified atom stereocenters. The highest BCUT2D eigenvalue weighted by atomic mass is 35.5. The van der Waals surface area contributed by atoms with Crippen LogP contribution in [0.25, 0.3) is 0 Å². The van der Waals surface area contributed by atoms with Crippen LogP contribution < -0.4 is 15.4 Å². The summed E-state index contributed by atoms with van der Waals surface area (Å²) in [5, 5.41) is 16.5. The number of carbonyl (C=O) groups excluding carboxylic acids is 1. The van der Waals surface area contributed by atoms with Crippen LogP contribution in [0.3, 0.4) is 0 Å². The fourth-order valence-corrected chi connectivity index (χ4v) is 2.65. The average Bonchev–Trinajstić information content (AvgIpc) is 2.53. The van der Waals surface area contributed by atoms with Gasteiger partial charge in [0.25, 0.3) is 11.6 Å². The first-order valence-electron chi connectivity index (χ1n) is 6.71. The second-order valence-corrected chi connectivity index (χ2v) is 5.99. The predicted octanol–water partition coefficient (Wildman–Crippen LogP) is 4.04. The molecule has 25 heavy (non-hydrogen) atoms. The largest absolute Gasteiger partial charge is 0.495 e. The minimum Gasteiger partial charge on any atom is -0.495 e. The summed E-state index contributed by atoms with van der Waals surface area (Å²) in [6, 6.07) is 8.30. The maximum atomic E-state index is 12.2. The zero-order valence-electron chi connectivity index (χ0n) is 12.7. The van der Waals surface area contributed by atoms with Crippen LogP contribution in [-0.4, -0.2) is 23.1 Å². The molecule has 10 heteroatoms. The van der Waals surface area contributed by atoms with Crippen LogP contribution in [-0.2, 0) is 0 Å². The first-order chi connectivity index (χ1) is 11.8. The Bertz CT molecular complexity index is 840. The maximum absolute atomic E-state index is 12.2. The molecule has 0 aromatic heterocycles. The molecule has 2 aromatic rings. The molecule has 0 aliphatic rings. The van der Waals surface area contributed by atoms with Gasteiger partial charge >= 0.3 is 0 Å². The summed E-state index contributed by atoms with van der Waals surface area (Å²) < 4.78 is 5.11. The lowest BCUT2D eigenvalue weighted by Gasteiger charge is -2.13. The molecule has 1 amide bonds. The van der Waals surface area contributed by atoms with E-state index in [4.69, 9.17) is 40.2 Å². The number of benzene rings is 2. The van der Waals surface area contributed by atoms with Crippen molar-refractivity contribution in [1.82, 2.24) is 5.32 Å². The van der Waals surface area contributed by atoms with Crippen molar-refractivity contribution in [2.45, 2.75) is 0 Å². The Balaban J connectivity index is 2.15. The third-order valence-corrected chi connectivity index (χ3v) is 3.63. The highest BCUT2D eigenvalue weighted by molar-refractivity contribution is 7.80. The van der Waals surface area contributed by atoms with Crippen LogP contribution in [0.5, 0.6) is 5.75 Å². The number of rotatable bonds is 4. The van der Waals surface area contributed by atoms with Gasteiger partial charge in [0, 0.05) is 27.7 Å². The third-order valence-electron chi connectivity index (χ3n) is 2.99. The lowest BCUT2D eigenvalue weighted by molar-refractivity contribution is -0.384. The first-order valence-corrected chi connectivity index (χ1v) is 7.87. The topological polar surface area (TPSA) is 93.5 Å². The summed E-state index contributed by atoms with van der Waals surface area (Å²) in [6.45, 7) is 0. The van der Waals surface area contributed by atoms with Gasteiger partial charge in [-0.05, 0) is 36.5 Å². The number of hydrogen-bond acceptors (Lipinski definition) is 5. The fourth-order valence-electron chi connectivity index (χ4n) is 1.92. The fraction of sp³-hybridized carbons (Fsp3) is 0.0667. The summed E-state index contributed by atoms with van der Waals surface area (Å²) in [7, 11) is 1.40. The first kappa shape index (κ1) is 18.9. The van der Waals surface area contributed by atoms with Gasteiger partial charge in [0.1, 0.15) is 5.75 Å². The number of ether oxygens (including phenoxy) is 1. The van der Waals surface area contributed by atoms with Crippen molar-refractivity contribution in [3.05, 3.63) is 62.1 Å². The molecule has 0 aliphatic heterocycles. The van der Waals surface area contributed by atoms with Gasteiger partial charge in [0.05, 0.1) is 17.7 Å². The SMILES string of the molecule is COc1ccc([N+](=O)[O-])cc1NC(=S)NC(=O)c1cc(Cl)cc(Cl)c1.